The fraction of sp³-hybridized carbons (Fsp3) is 0.231. The lowest BCUT2D eigenvalue weighted by molar-refractivity contribution is 0.208. The summed E-state index contributed by atoms with van der Waals surface area (Å²) >= 11 is 6.01. The minimum absolute atomic E-state index is 0.0551. The molecule has 0 spiro atoms. The molecule has 0 bridgehead atoms. The number of benzene rings is 1. The Hall–Kier alpha value is -1.85. The van der Waals surface area contributed by atoms with Crippen LogP contribution in [0, 0.1) is 0 Å². The lowest BCUT2D eigenvalue weighted by Crippen LogP contribution is -2.24. The first-order valence-electron chi connectivity index (χ1n) is 5.85. The number of aromatic nitrogens is 2. The van der Waals surface area contributed by atoms with Gasteiger partial charge >= 0.3 is 0 Å². The molecule has 6 heteroatoms. The number of hydrogen-bond acceptors (Lipinski definition) is 4. The second-order valence-electron chi connectivity index (χ2n) is 4.15. The number of aliphatic hydroxyl groups is 1. The molecule has 0 amide bonds. The van der Waals surface area contributed by atoms with Gasteiger partial charge in [-0.1, -0.05) is 29.8 Å². The molecule has 0 aliphatic heterocycles. The summed E-state index contributed by atoms with van der Waals surface area (Å²) in [5.74, 6) is 0. The molecule has 100 valence electrons. The maximum atomic E-state index is 12.1. The topological polar surface area (TPSA) is 67.2 Å². The van der Waals surface area contributed by atoms with Gasteiger partial charge in [0.25, 0.3) is 5.56 Å². The average molecular weight is 280 g/mol. The van der Waals surface area contributed by atoms with E-state index in [2.05, 4.69) is 10.4 Å². The van der Waals surface area contributed by atoms with Crippen molar-refractivity contribution in [3.05, 3.63) is 51.9 Å². The first-order valence-corrected chi connectivity index (χ1v) is 6.22. The summed E-state index contributed by atoms with van der Waals surface area (Å²) in [4.78, 5) is 12.1. The van der Waals surface area contributed by atoms with Gasteiger partial charge in [0.15, 0.2) is 0 Å². The number of hydrogen-bond donors (Lipinski definition) is 2. The lowest BCUT2D eigenvalue weighted by Gasteiger charge is -2.11. The van der Waals surface area contributed by atoms with Crippen molar-refractivity contribution >= 4 is 17.3 Å². The monoisotopic (exact) mass is 279 g/mol. The van der Waals surface area contributed by atoms with Crippen LogP contribution >= 0.6 is 11.6 Å². The Labute approximate surface area is 115 Å². The maximum absolute atomic E-state index is 12.1. The van der Waals surface area contributed by atoms with Gasteiger partial charge in [-0.05, 0) is 19.1 Å². The molecule has 1 aromatic heterocycles. The van der Waals surface area contributed by atoms with Crippen LogP contribution in [0.1, 0.15) is 6.92 Å². The number of nitrogens with one attached hydrogen (secondary N) is 1. The van der Waals surface area contributed by atoms with Crippen LogP contribution in [0.4, 0.5) is 5.69 Å². The number of anilines is 1. The van der Waals surface area contributed by atoms with Crippen molar-refractivity contribution in [1.82, 2.24) is 9.78 Å². The molecule has 0 unspecified atom stereocenters. The molecule has 0 aliphatic rings. The predicted octanol–water partition coefficient (Wildman–Crippen LogP) is 1.68. The van der Waals surface area contributed by atoms with Crippen LogP contribution in [0.2, 0.25) is 5.02 Å². The molecule has 0 aliphatic carbocycles. The smallest absolute Gasteiger partial charge is 0.292 e. The van der Waals surface area contributed by atoms with Crippen LogP contribution in [0.15, 0.2) is 41.3 Å². The summed E-state index contributed by atoms with van der Waals surface area (Å²) in [5, 5.41) is 16.2. The summed E-state index contributed by atoms with van der Waals surface area (Å²) in [6.45, 7) is 1.94. The summed E-state index contributed by atoms with van der Waals surface area (Å²) in [5.41, 5.74) is 0.666. The molecule has 0 saturated carbocycles. The van der Waals surface area contributed by atoms with Gasteiger partial charge in [-0.25, -0.2) is 0 Å². The highest BCUT2D eigenvalue weighted by Crippen LogP contribution is 2.16. The van der Waals surface area contributed by atoms with E-state index in [9.17, 15) is 9.90 Å². The fourth-order valence-electron chi connectivity index (χ4n) is 1.57. The summed E-state index contributed by atoms with van der Waals surface area (Å²) < 4.78 is 1.23. The first kappa shape index (κ1) is 13.6. The third-order valence-corrected chi connectivity index (χ3v) is 2.87. The van der Waals surface area contributed by atoms with Crippen LogP contribution in [0.5, 0.6) is 0 Å². The van der Waals surface area contributed by atoms with Crippen molar-refractivity contribution in [2.75, 3.05) is 11.9 Å². The fourth-order valence-corrected chi connectivity index (χ4v) is 1.76. The summed E-state index contributed by atoms with van der Waals surface area (Å²) in [6.07, 6.45) is 0.937. The zero-order chi connectivity index (χ0) is 13.8. The van der Waals surface area contributed by atoms with E-state index in [-0.39, 0.29) is 5.02 Å². The van der Waals surface area contributed by atoms with E-state index in [4.69, 9.17) is 11.6 Å². The Morgan fingerprint density at radius 2 is 2.11 bits per heavy atom. The van der Waals surface area contributed by atoms with Gasteiger partial charge in [0.1, 0.15) is 5.02 Å². The Morgan fingerprint density at radius 3 is 2.74 bits per heavy atom. The third-order valence-electron chi connectivity index (χ3n) is 2.51. The Kier molecular flexibility index (Phi) is 4.19. The molecule has 0 fully saturated rings. The Bertz CT molecular complexity index is 611. The zero-order valence-electron chi connectivity index (χ0n) is 10.4. The number of rotatable bonds is 4. The van der Waals surface area contributed by atoms with Gasteiger partial charge in [-0.15, -0.1) is 0 Å². The van der Waals surface area contributed by atoms with E-state index in [1.165, 1.54) is 10.9 Å². The van der Waals surface area contributed by atoms with Crippen LogP contribution in [0.3, 0.4) is 0 Å². The Morgan fingerprint density at radius 1 is 1.42 bits per heavy atom. The Balaban J connectivity index is 2.36. The van der Waals surface area contributed by atoms with E-state index in [1.54, 1.807) is 19.1 Å². The minimum Gasteiger partial charge on any atom is -0.392 e. The van der Waals surface area contributed by atoms with E-state index < -0.39 is 11.7 Å². The normalized spacial score (nSPS) is 12.2. The van der Waals surface area contributed by atoms with Gasteiger partial charge in [0.2, 0.25) is 0 Å². The van der Waals surface area contributed by atoms with Crippen molar-refractivity contribution in [2.24, 2.45) is 0 Å². The van der Waals surface area contributed by atoms with Gasteiger partial charge in [-0.3, -0.25) is 4.79 Å². The first-order chi connectivity index (χ1) is 9.09. The molecule has 5 nitrogen and oxygen atoms in total. The van der Waals surface area contributed by atoms with Crippen molar-refractivity contribution in [3.8, 4) is 5.69 Å². The van der Waals surface area contributed by atoms with Crippen LogP contribution < -0.4 is 10.9 Å². The van der Waals surface area contributed by atoms with Crippen molar-refractivity contribution in [1.29, 1.82) is 0 Å². The van der Waals surface area contributed by atoms with Crippen molar-refractivity contribution < 1.29 is 5.11 Å². The molecule has 19 heavy (non-hydrogen) atoms. The van der Waals surface area contributed by atoms with E-state index >= 15 is 0 Å². The SMILES string of the molecule is C[C@H](O)CNc1cnn(-c2ccccc2)c(=O)c1Cl. The third kappa shape index (κ3) is 3.13. The molecule has 1 aromatic carbocycles. The highest BCUT2D eigenvalue weighted by atomic mass is 35.5. The number of halogens is 1. The van der Waals surface area contributed by atoms with Gasteiger partial charge < -0.3 is 10.4 Å². The van der Waals surface area contributed by atoms with Crippen molar-refractivity contribution in [3.63, 3.8) is 0 Å². The average Bonchev–Trinajstić information content (AvgIpc) is 2.41. The molecule has 2 aromatic rings. The van der Waals surface area contributed by atoms with Crippen LogP contribution in [0.25, 0.3) is 5.69 Å². The largest absolute Gasteiger partial charge is 0.392 e. The molecule has 0 saturated heterocycles. The molecule has 2 rings (SSSR count). The van der Waals surface area contributed by atoms with E-state index in [0.717, 1.165) is 0 Å². The van der Waals surface area contributed by atoms with Gasteiger partial charge in [0.05, 0.1) is 23.7 Å². The van der Waals surface area contributed by atoms with Gasteiger partial charge in [0, 0.05) is 6.54 Å². The number of aliphatic hydroxyl groups excluding tert-OH is 1. The summed E-state index contributed by atoms with van der Waals surface area (Å²) in [6, 6.07) is 9.03. The molecular formula is C13H14ClN3O2. The van der Waals surface area contributed by atoms with E-state index in [0.29, 0.717) is 17.9 Å². The molecule has 1 heterocycles. The standard InChI is InChI=1S/C13H14ClN3O2/c1-9(18)7-15-11-8-16-17(13(19)12(11)14)10-5-3-2-4-6-10/h2-6,8-9,15,18H,7H2,1H3/t9-/m0/s1. The van der Waals surface area contributed by atoms with Gasteiger partial charge in [-0.2, -0.15) is 9.78 Å². The van der Waals surface area contributed by atoms with Crippen LogP contribution in [-0.4, -0.2) is 27.5 Å². The number of nitrogens with zero attached hydrogens (tertiary/aromatic N) is 2. The molecule has 0 radical (unpaired) electrons. The molecular weight excluding hydrogens is 266 g/mol. The van der Waals surface area contributed by atoms with Crippen molar-refractivity contribution in [2.45, 2.75) is 13.0 Å². The quantitative estimate of drug-likeness (QED) is 0.894. The lowest BCUT2D eigenvalue weighted by atomic mass is 10.3. The minimum atomic E-state index is -0.535. The van der Waals surface area contributed by atoms with E-state index in [1.807, 2.05) is 18.2 Å². The predicted molar refractivity (Wildman–Crippen MR) is 75.0 cm³/mol. The zero-order valence-corrected chi connectivity index (χ0v) is 11.1. The second-order valence-corrected chi connectivity index (χ2v) is 4.53. The highest BCUT2D eigenvalue weighted by molar-refractivity contribution is 6.32. The maximum Gasteiger partial charge on any atom is 0.292 e. The summed E-state index contributed by atoms with van der Waals surface area (Å²) in [7, 11) is 0. The second kappa shape index (κ2) is 5.86. The molecule has 2 N–H and O–H groups in total. The number of para-hydroxylation sites is 1. The van der Waals surface area contributed by atoms with Crippen LogP contribution in [-0.2, 0) is 0 Å². The molecule has 1 atom stereocenters. The highest BCUT2D eigenvalue weighted by Gasteiger charge is 2.10.